The van der Waals surface area contributed by atoms with Crippen LogP contribution in [0.15, 0.2) is 0 Å². The Morgan fingerprint density at radius 1 is 1.07 bits per heavy atom. The predicted octanol–water partition coefficient (Wildman–Crippen LogP) is 0.656. The molecule has 4 saturated carbocycles. The van der Waals surface area contributed by atoms with Gasteiger partial charge in [-0.1, -0.05) is 0 Å². The summed E-state index contributed by atoms with van der Waals surface area (Å²) in [7, 11) is 0. The maximum Gasteiger partial charge on any atom is 0.324 e. The summed E-state index contributed by atoms with van der Waals surface area (Å²) in [4.78, 5) is 59.9. The third kappa shape index (κ3) is 4.57. The highest BCUT2D eigenvalue weighted by Gasteiger charge is 2.51. The largest absolute Gasteiger partial charge is 0.456 e. The molecule has 5 rings (SSSR count). The quantitative estimate of drug-likeness (QED) is 0.409. The fourth-order valence-electron chi connectivity index (χ4n) is 5.98. The van der Waals surface area contributed by atoms with Crippen LogP contribution < -0.4 is 16.0 Å². The topological polar surface area (TPSA) is 134 Å². The lowest BCUT2D eigenvalue weighted by Gasteiger charge is -2.56. The van der Waals surface area contributed by atoms with Crippen LogP contribution in [0.2, 0.25) is 0 Å². The number of esters is 1. The van der Waals surface area contributed by atoms with Crippen molar-refractivity contribution in [2.45, 2.75) is 56.9 Å². The standard InChI is InChI=1S/C20H28N4O6/c25-15(11-30-17(27)2-1-3-24-16(26)10-21-19(24)29)22-18(28)23-20-7-12-4-13(8-20)6-14(5-12)9-20/h12-14H,1-11H2,(H,21,29)(H2,22,23,25,28). The molecule has 5 fully saturated rings. The molecular formula is C20H28N4O6. The minimum atomic E-state index is -0.681. The number of urea groups is 2. The van der Waals surface area contributed by atoms with Gasteiger partial charge in [-0.25, -0.2) is 9.59 Å². The van der Waals surface area contributed by atoms with Gasteiger partial charge in [0.15, 0.2) is 6.61 Å². The van der Waals surface area contributed by atoms with Gasteiger partial charge >= 0.3 is 18.0 Å². The molecule has 0 radical (unpaired) electrons. The van der Waals surface area contributed by atoms with Gasteiger partial charge in [-0.15, -0.1) is 0 Å². The molecule has 6 amide bonds. The minimum absolute atomic E-state index is 0.0330. The van der Waals surface area contributed by atoms with Crippen LogP contribution in [0, 0.1) is 17.8 Å². The molecular weight excluding hydrogens is 392 g/mol. The van der Waals surface area contributed by atoms with Gasteiger partial charge in [0, 0.05) is 18.5 Å². The second kappa shape index (κ2) is 8.23. The lowest BCUT2D eigenvalue weighted by Crippen LogP contribution is -2.62. The van der Waals surface area contributed by atoms with Crippen LogP contribution in [0.1, 0.15) is 51.4 Å². The first-order chi connectivity index (χ1) is 14.3. The molecule has 5 aliphatic rings. The van der Waals surface area contributed by atoms with Crippen molar-refractivity contribution in [3.63, 3.8) is 0 Å². The maximum absolute atomic E-state index is 12.3. The molecule has 4 aliphatic carbocycles. The molecule has 4 bridgehead atoms. The van der Waals surface area contributed by atoms with Crippen molar-refractivity contribution >= 4 is 29.8 Å². The van der Waals surface area contributed by atoms with Crippen molar-refractivity contribution in [2.24, 2.45) is 17.8 Å². The first kappa shape index (κ1) is 20.6. The van der Waals surface area contributed by atoms with Gasteiger partial charge in [-0.3, -0.25) is 24.6 Å². The van der Waals surface area contributed by atoms with Crippen LogP contribution in [-0.4, -0.2) is 60.0 Å². The molecule has 0 aromatic carbocycles. The SMILES string of the molecule is O=C(COC(=O)CCCN1C(=O)CNC1=O)NC(=O)NC12CC3CC(CC(C3)C1)C2. The van der Waals surface area contributed by atoms with Gasteiger partial charge in [-0.2, -0.15) is 0 Å². The number of imide groups is 2. The molecule has 1 saturated heterocycles. The number of ether oxygens (including phenoxy) is 1. The number of nitrogens with zero attached hydrogens (tertiary/aromatic N) is 1. The Hall–Kier alpha value is -2.65. The van der Waals surface area contributed by atoms with E-state index in [9.17, 15) is 24.0 Å². The van der Waals surface area contributed by atoms with Crippen LogP contribution in [0.25, 0.3) is 0 Å². The number of rotatable bonds is 7. The van der Waals surface area contributed by atoms with Crippen molar-refractivity contribution in [1.82, 2.24) is 20.9 Å². The summed E-state index contributed by atoms with van der Waals surface area (Å²) in [5.41, 5.74) is -0.199. The van der Waals surface area contributed by atoms with E-state index in [1.165, 1.54) is 19.3 Å². The van der Waals surface area contributed by atoms with Crippen molar-refractivity contribution in [1.29, 1.82) is 0 Å². The van der Waals surface area contributed by atoms with E-state index >= 15 is 0 Å². The van der Waals surface area contributed by atoms with Crippen molar-refractivity contribution in [3.8, 4) is 0 Å². The molecule has 0 unspecified atom stereocenters. The zero-order chi connectivity index (χ0) is 21.3. The molecule has 1 heterocycles. The third-order valence-corrected chi connectivity index (χ3v) is 6.73. The number of hydrogen-bond donors (Lipinski definition) is 3. The molecule has 10 heteroatoms. The monoisotopic (exact) mass is 420 g/mol. The summed E-state index contributed by atoms with van der Waals surface area (Å²) < 4.78 is 4.88. The fraction of sp³-hybridized carbons (Fsp3) is 0.750. The van der Waals surface area contributed by atoms with E-state index in [1.54, 1.807) is 0 Å². The Morgan fingerprint density at radius 2 is 1.70 bits per heavy atom. The number of amides is 6. The van der Waals surface area contributed by atoms with E-state index < -0.39 is 30.5 Å². The number of hydrogen-bond acceptors (Lipinski definition) is 6. The van der Waals surface area contributed by atoms with E-state index in [0.29, 0.717) is 17.8 Å². The molecule has 3 N–H and O–H groups in total. The summed E-state index contributed by atoms with van der Waals surface area (Å²) in [6.45, 7) is -0.468. The third-order valence-electron chi connectivity index (χ3n) is 6.73. The summed E-state index contributed by atoms with van der Waals surface area (Å²) in [6.07, 6.45) is 6.92. The van der Waals surface area contributed by atoms with Gasteiger partial charge in [0.25, 0.3) is 5.91 Å². The van der Waals surface area contributed by atoms with E-state index in [-0.39, 0.29) is 37.4 Å². The Balaban J connectivity index is 1.13. The number of nitrogens with one attached hydrogen (secondary N) is 3. The van der Waals surface area contributed by atoms with Crippen LogP contribution in [0.4, 0.5) is 9.59 Å². The molecule has 0 aromatic heterocycles. The van der Waals surface area contributed by atoms with E-state index in [0.717, 1.165) is 24.2 Å². The summed E-state index contributed by atoms with van der Waals surface area (Å²) in [6, 6.07) is -1.01. The molecule has 0 aromatic rings. The second-order valence-corrected chi connectivity index (χ2v) is 9.17. The Labute approximate surface area is 174 Å². The Kier molecular flexibility index (Phi) is 5.66. The molecule has 0 spiro atoms. The minimum Gasteiger partial charge on any atom is -0.456 e. The lowest BCUT2D eigenvalue weighted by atomic mass is 9.53. The van der Waals surface area contributed by atoms with Gasteiger partial charge in [0.05, 0.1) is 6.54 Å². The second-order valence-electron chi connectivity index (χ2n) is 9.17. The van der Waals surface area contributed by atoms with Gasteiger partial charge in [-0.05, 0) is 62.7 Å². The highest BCUT2D eigenvalue weighted by Crippen LogP contribution is 2.55. The predicted molar refractivity (Wildman–Crippen MR) is 103 cm³/mol. The zero-order valence-electron chi connectivity index (χ0n) is 16.9. The van der Waals surface area contributed by atoms with Crippen LogP contribution >= 0.6 is 0 Å². The summed E-state index contributed by atoms with van der Waals surface area (Å²) >= 11 is 0. The fourth-order valence-corrected chi connectivity index (χ4v) is 5.98. The van der Waals surface area contributed by atoms with Crippen LogP contribution in [-0.2, 0) is 19.1 Å². The molecule has 10 nitrogen and oxygen atoms in total. The smallest absolute Gasteiger partial charge is 0.324 e. The lowest BCUT2D eigenvalue weighted by molar-refractivity contribution is -0.148. The van der Waals surface area contributed by atoms with E-state index in [4.69, 9.17) is 4.74 Å². The molecule has 30 heavy (non-hydrogen) atoms. The zero-order valence-corrected chi connectivity index (χ0v) is 16.9. The van der Waals surface area contributed by atoms with Crippen molar-refractivity contribution in [2.75, 3.05) is 19.7 Å². The number of carbonyl (C=O) groups is 5. The first-order valence-electron chi connectivity index (χ1n) is 10.7. The van der Waals surface area contributed by atoms with Gasteiger partial charge in [0.1, 0.15) is 0 Å². The summed E-state index contributed by atoms with van der Waals surface area (Å²) in [5, 5.41) is 7.67. The average Bonchev–Trinajstić information content (AvgIpc) is 2.96. The summed E-state index contributed by atoms with van der Waals surface area (Å²) in [5.74, 6) is 0.386. The van der Waals surface area contributed by atoms with Crippen molar-refractivity contribution < 1.29 is 28.7 Å². The highest BCUT2D eigenvalue weighted by molar-refractivity contribution is 6.02. The van der Waals surface area contributed by atoms with Gasteiger partial charge in [0.2, 0.25) is 5.91 Å². The van der Waals surface area contributed by atoms with Crippen LogP contribution in [0.5, 0.6) is 0 Å². The Bertz CT molecular complexity index is 715. The number of carbonyl (C=O) groups excluding carboxylic acids is 5. The average molecular weight is 420 g/mol. The first-order valence-corrected chi connectivity index (χ1v) is 10.7. The van der Waals surface area contributed by atoms with E-state index in [2.05, 4.69) is 16.0 Å². The van der Waals surface area contributed by atoms with Crippen molar-refractivity contribution in [3.05, 3.63) is 0 Å². The van der Waals surface area contributed by atoms with Crippen LogP contribution in [0.3, 0.4) is 0 Å². The van der Waals surface area contributed by atoms with Gasteiger partial charge < -0.3 is 15.4 Å². The Morgan fingerprint density at radius 3 is 2.27 bits per heavy atom. The maximum atomic E-state index is 12.3. The van der Waals surface area contributed by atoms with E-state index in [1.807, 2.05) is 0 Å². The highest BCUT2D eigenvalue weighted by atomic mass is 16.5. The molecule has 164 valence electrons. The molecule has 1 aliphatic heterocycles. The normalized spacial score (nSPS) is 31.5. The molecule has 0 atom stereocenters.